The predicted octanol–water partition coefficient (Wildman–Crippen LogP) is 3.44. The van der Waals surface area contributed by atoms with E-state index in [1.54, 1.807) is 19.2 Å². The number of H-pyrrole nitrogens is 1. The minimum atomic E-state index is -0.767. The molecule has 3 heterocycles. The molecule has 5 rings (SSSR count). The van der Waals surface area contributed by atoms with Crippen LogP contribution in [0.25, 0.3) is 33.5 Å². The van der Waals surface area contributed by atoms with Crippen molar-refractivity contribution in [3.63, 3.8) is 0 Å². The third-order valence-electron chi connectivity index (χ3n) is 5.87. The van der Waals surface area contributed by atoms with Crippen LogP contribution in [-0.4, -0.2) is 30.3 Å². The lowest BCUT2D eigenvalue weighted by atomic mass is 9.98. The Labute approximate surface area is 198 Å². The van der Waals surface area contributed by atoms with Gasteiger partial charge in [0.25, 0.3) is 5.56 Å². The first kappa shape index (κ1) is 22.0. The van der Waals surface area contributed by atoms with E-state index in [9.17, 15) is 10.1 Å². The molecule has 34 heavy (non-hydrogen) atoms. The van der Waals surface area contributed by atoms with Gasteiger partial charge in [0.2, 0.25) is 0 Å². The molecule has 11 heteroatoms. The van der Waals surface area contributed by atoms with Crippen molar-refractivity contribution in [2.24, 2.45) is 12.8 Å². The zero-order valence-electron chi connectivity index (χ0n) is 18.3. The summed E-state index contributed by atoms with van der Waals surface area (Å²) < 4.78 is 22.9. The Bertz CT molecular complexity index is 1570. The summed E-state index contributed by atoms with van der Waals surface area (Å²) in [5.74, 6) is -0.267. The number of pyridine rings is 1. The number of rotatable bonds is 5. The topological polar surface area (TPSA) is 136 Å². The summed E-state index contributed by atoms with van der Waals surface area (Å²) in [6, 6.07) is 6.58. The predicted molar refractivity (Wildman–Crippen MR) is 124 cm³/mol. The number of hydrogen-bond donors (Lipinski definition) is 2. The highest BCUT2D eigenvalue weighted by atomic mass is 35.5. The van der Waals surface area contributed by atoms with Crippen molar-refractivity contribution >= 4 is 22.6 Å². The monoisotopic (exact) mass is 479 g/mol. The summed E-state index contributed by atoms with van der Waals surface area (Å²) >= 11 is 6.22. The van der Waals surface area contributed by atoms with Crippen LogP contribution in [0, 0.1) is 17.1 Å². The summed E-state index contributed by atoms with van der Waals surface area (Å²) in [6.07, 6.45) is 3.17. The van der Waals surface area contributed by atoms with E-state index in [2.05, 4.69) is 26.1 Å². The minimum Gasteiger partial charge on any atom is -0.486 e. The molecular formula is C23H19ClFN7O2. The number of benzene rings is 1. The first-order valence-corrected chi connectivity index (χ1v) is 10.9. The Morgan fingerprint density at radius 1 is 1.38 bits per heavy atom. The van der Waals surface area contributed by atoms with Crippen LogP contribution in [0.1, 0.15) is 31.2 Å². The van der Waals surface area contributed by atoms with E-state index in [0.717, 1.165) is 12.8 Å². The van der Waals surface area contributed by atoms with E-state index < -0.39 is 11.4 Å². The summed E-state index contributed by atoms with van der Waals surface area (Å²) in [6.45, 7) is 1.96. The molecule has 0 bridgehead atoms. The maximum Gasteiger partial charge on any atom is 0.260 e. The number of ether oxygens (including phenoxy) is 1. The minimum absolute atomic E-state index is 0.0145. The summed E-state index contributed by atoms with van der Waals surface area (Å²) in [4.78, 5) is 23.7. The van der Waals surface area contributed by atoms with Crippen molar-refractivity contribution < 1.29 is 9.13 Å². The molecule has 4 aromatic rings. The average molecular weight is 480 g/mol. The number of aryl methyl sites for hydroxylation is 1. The number of nitrogens with one attached hydrogen (secondary N) is 1. The quantitative estimate of drug-likeness (QED) is 0.447. The maximum absolute atomic E-state index is 15.4. The van der Waals surface area contributed by atoms with E-state index in [4.69, 9.17) is 22.1 Å². The van der Waals surface area contributed by atoms with Gasteiger partial charge >= 0.3 is 0 Å². The number of aromatic amines is 1. The van der Waals surface area contributed by atoms with Gasteiger partial charge in [-0.1, -0.05) is 11.6 Å². The summed E-state index contributed by atoms with van der Waals surface area (Å²) in [5.41, 5.74) is 6.13. The van der Waals surface area contributed by atoms with Gasteiger partial charge in [-0.25, -0.2) is 14.4 Å². The van der Waals surface area contributed by atoms with E-state index in [1.807, 2.05) is 6.92 Å². The highest BCUT2D eigenvalue weighted by Gasteiger charge is 2.41. The van der Waals surface area contributed by atoms with Crippen LogP contribution < -0.4 is 16.0 Å². The standard InChI is InChI=1S/C23H19ClFN7O2/c1-23(5-6-23)34-16-7-14(24)19(25)18(12(16)8-26)20-13(10-28-32(20)2)15-4-3-11-21(29-15)30-17(9-27)31-22(11)33/h3-4,7,10H,5-6,9,27H2,1-2H3,(H,29,30,31,33). The molecule has 1 aliphatic rings. The first-order chi connectivity index (χ1) is 16.2. The lowest BCUT2D eigenvalue weighted by Gasteiger charge is -2.18. The van der Waals surface area contributed by atoms with E-state index in [1.165, 1.54) is 16.9 Å². The molecule has 0 unspecified atom stereocenters. The SMILES string of the molecule is Cn1ncc(-c2ccc3c(=O)[nH]c(CN)nc3n2)c1-c1c(F)c(Cl)cc(OC2(C)CC2)c1C#N. The van der Waals surface area contributed by atoms with Gasteiger partial charge in [-0.15, -0.1) is 0 Å². The number of nitrogens with zero attached hydrogens (tertiary/aromatic N) is 5. The van der Waals surface area contributed by atoms with Gasteiger partial charge in [-0.2, -0.15) is 10.4 Å². The second-order valence-electron chi connectivity index (χ2n) is 8.40. The highest BCUT2D eigenvalue weighted by molar-refractivity contribution is 6.31. The fraction of sp³-hybridized carbons (Fsp3) is 0.261. The van der Waals surface area contributed by atoms with Gasteiger partial charge in [-0.05, 0) is 31.9 Å². The number of hydrogen-bond acceptors (Lipinski definition) is 7. The van der Waals surface area contributed by atoms with Crippen LogP contribution >= 0.6 is 11.6 Å². The Kier molecular flexibility index (Phi) is 5.11. The van der Waals surface area contributed by atoms with E-state index in [-0.39, 0.29) is 56.6 Å². The van der Waals surface area contributed by atoms with Crippen LogP contribution in [0.5, 0.6) is 5.75 Å². The molecule has 0 amide bonds. The van der Waals surface area contributed by atoms with E-state index in [0.29, 0.717) is 11.3 Å². The van der Waals surface area contributed by atoms with Gasteiger partial charge in [0, 0.05) is 18.7 Å². The number of nitriles is 1. The van der Waals surface area contributed by atoms with Gasteiger partial charge in [0.1, 0.15) is 28.8 Å². The molecule has 1 saturated carbocycles. The summed E-state index contributed by atoms with van der Waals surface area (Å²) in [7, 11) is 1.62. The smallest absolute Gasteiger partial charge is 0.260 e. The largest absolute Gasteiger partial charge is 0.486 e. The van der Waals surface area contributed by atoms with Crippen LogP contribution in [0.2, 0.25) is 5.02 Å². The molecule has 0 aliphatic heterocycles. The van der Waals surface area contributed by atoms with Crippen molar-refractivity contribution in [2.75, 3.05) is 0 Å². The zero-order valence-corrected chi connectivity index (χ0v) is 19.1. The van der Waals surface area contributed by atoms with Crippen molar-refractivity contribution in [1.29, 1.82) is 5.26 Å². The molecule has 0 radical (unpaired) electrons. The number of nitrogens with two attached hydrogens (primary N) is 1. The molecule has 172 valence electrons. The van der Waals surface area contributed by atoms with Gasteiger partial charge in [-0.3, -0.25) is 9.48 Å². The zero-order chi connectivity index (χ0) is 24.2. The van der Waals surface area contributed by atoms with Crippen molar-refractivity contribution in [1.82, 2.24) is 24.7 Å². The molecule has 9 nitrogen and oxygen atoms in total. The second-order valence-corrected chi connectivity index (χ2v) is 8.81. The summed E-state index contributed by atoms with van der Waals surface area (Å²) in [5, 5.41) is 14.3. The van der Waals surface area contributed by atoms with Crippen LogP contribution in [0.15, 0.2) is 29.2 Å². The molecule has 0 saturated heterocycles. The normalized spacial score (nSPS) is 14.2. The fourth-order valence-electron chi connectivity index (χ4n) is 3.79. The fourth-order valence-corrected chi connectivity index (χ4v) is 3.99. The highest BCUT2D eigenvalue weighted by Crippen LogP contribution is 2.45. The molecule has 3 N–H and O–H groups in total. The lowest BCUT2D eigenvalue weighted by Crippen LogP contribution is -2.15. The van der Waals surface area contributed by atoms with Crippen LogP contribution in [0.4, 0.5) is 4.39 Å². The van der Waals surface area contributed by atoms with Crippen LogP contribution in [0.3, 0.4) is 0 Å². The Balaban J connectivity index is 1.74. The molecule has 3 aromatic heterocycles. The second kappa shape index (κ2) is 7.90. The van der Waals surface area contributed by atoms with Gasteiger partial charge in [0.15, 0.2) is 11.5 Å². The van der Waals surface area contributed by atoms with Gasteiger partial charge < -0.3 is 15.5 Å². The molecule has 1 aromatic carbocycles. The molecular weight excluding hydrogens is 461 g/mol. The third-order valence-corrected chi connectivity index (χ3v) is 6.14. The molecule has 0 spiro atoms. The van der Waals surface area contributed by atoms with Crippen molar-refractivity contribution in [2.45, 2.75) is 31.9 Å². The number of halogens is 2. The number of aromatic nitrogens is 5. The first-order valence-electron chi connectivity index (χ1n) is 10.5. The Morgan fingerprint density at radius 2 is 2.15 bits per heavy atom. The van der Waals surface area contributed by atoms with Gasteiger partial charge in [0.05, 0.1) is 40.1 Å². The molecule has 1 fully saturated rings. The van der Waals surface area contributed by atoms with Crippen molar-refractivity contribution in [3.8, 4) is 34.3 Å². The number of fused-ring (bicyclic) bond motifs is 1. The average Bonchev–Trinajstić information content (AvgIpc) is 3.42. The maximum atomic E-state index is 15.4. The lowest BCUT2D eigenvalue weighted by molar-refractivity contribution is 0.199. The third kappa shape index (κ3) is 3.59. The molecule has 1 aliphatic carbocycles. The van der Waals surface area contributed by atoms with Crippen LogP contribution in [-0.2, 0) is 13.6 Å². The Morgan fingerprint density at radius 3 is 2.82 bits per heavy atom. The van der Waals surface area contributed by atoms with E-state index >= 15 is 4.39 Å². The van der Waals surface area contributed by atoms with Crippen molar-refractivity contribution in [3.05, 3.63) is 57.0 Å². The molecule has 0 atom stereocenters. The Hall–Kier alpha value is -3.81.